The van der Waals surface area contributed by atoms with E-state index in [-0.39, 0.29) is 7.21 Å². The summed E-state index contributed by atoms with van der Waals surface area (Å²) in [5, 5.41) is 0. The van der Waals surface area contributed by atoms with Crippen LogP contribution in [0, 0.1) is 0 Å². The van der Waals surface area contributed by atoms with Crippen LogP contribution in [0.25, 0.3) is 0 Å². The molecule has 0 aromatic carbocycles. The SMILES string of the molecule is C=CC(=O)C(C)(C)OCCC.[HH]. The molecule has 0 atom stereocenters. The molecule has 0 aromatic rings. The molecule has 0 rings (SSSR count). The number of carbonyl (C=O) groups excluding carboxylic acids is 1. The first kappa shape index (κ1) is 10.4. The van der Waals surface area contributed by atoms with Crippen LogP contribution >= 0.6 is 0 Å². The zero-order chi connectivity index (χ0) is 8.91. The average Bonchev–Trinajstić information content (AvgIpc) is 1.99. The van der Waals surface area contributed by atoms with Crippen LogP contribution in [0.15, 0.2) is 12.7 Å². The smallest absolute Gasteiger partial charge is 0.186 e. The van der Waals surface area contributed by atoms with Gasteiger partial charge in [0.2, 0.25) is 0 Å². The summed E-state index contributed by atoms with van der Waals surface area (Å²) in [7, 11) is 0. The van der Waals surface area contributed by atoms with Crippen LogP contribution in [0.3, 0.4) is 0 Å². The van der Waals surface area contributed by atoms with E-state index < -0.39 is 5.60 Å². The molecular weight excluding hydrogens is 140 g/mol. The standard InChI is InChI=1S/C9H16O2.H2/c1-5-7-11-9(3,4)8(10)6-2;/h6H,2,5,7H2,1,3-4H3;1H. The fourth-order valence-corrected chi connectivity index (χ4v) is 0.674. The quantitative estimate of drug-likeness (QED) is 0.573. The first-order valence-electron chi connectivity index (χ1n) is 3.85. The number of carbonyl (C=O) groups is 1. The van der Waals surface area contributed by atoms with Crippen molar-refractivity contribution in [1.82, 2.24) is 0 Å². The molecular formula is C9H18O2. The van der Waals surface area contributed by atoms with Gasteiger partial charge in [-0.05, 0) is 26.3 Å². The summed E-state index contributed by atoms with van der Waals surface area (Å²) in [6.45, 7) is 9.54. The minimum Gasteiger partial charge on any atom is -0.367 e. The summed E-state index contributed by atoms with van der Waals surface area (Å²) in [5.41, 5.74) is -0.697. The number of ketones is 1. The second kappa shape index (κ2) is 4.29. The molecule has 0 heterocycles. The first-order valence-corrected chi connectivity index (χ1v) is 3.85. The van der Waals surface area contributed by atoms with E-state index in [2.05, 4.69) is 6.58 Å². The number of rotatable bonds is 5. The van der Waals surface area contributed by atoms with Crippen LogP contribution < -0.4 is 0 Å². The molecule has 2 heteroatoms. The predicted molar refractivity (Wildman–Crippen MR) is 47.6 cm³/mol. The lowest BCUT2D eigenvalue weighted by Gasteiger charge is -2.21. The Bertz CT molecular complexity index is 153. The van der Waals surface area contributed by atoms with E-state index >= 15 is 0 Å². The largest absolute Gasteiger partial charge is 0.367 e. The van der Waals surface area contributed by atoms with E-state index in [1.807, 2.05) is 6.92 Å². The van der Waals surface area contributed by atoms with E-state index in [0.29, 0.717) is 6.61 Å². The molecule has 0 fully saturated rings. The van der Waals surface area contributed by atoms with Crippen molar-refractivity contribution < 1.29 is 11.0 Å². The van der Waals surface area contributed by atoms with Crippen LogP contribution in [-0.4, -0.2) is 18.0 Å². The van der Waals surface area contributed by atoms with E-state index in [1.165, 1.54) is 6.08 Å². The summed E-state index contributed by atoms with van der Waals surface area (Å²) in [6, 6.07) is 0. The number of hydrogen-bond acceptors (Lipinski definition) is 2. The molecule has 0 aliphatic heterocycles. The van der Waals surface area contributed by atoms with Crippen molar-refractivity contribution in [2.75, 3.05) is 6.61 Å². The first-order chi connectivity index (χ1) is 5.04. The third kappa shape index (κ3) is 3.33. The molecule has 0 saturated heterocycles. The van der Waals surface area contributed by atoms with Gasteiger partial charge in [-0.15, -0.1) is 0 Å². The highest BCUT2D eigenvalue weighted by molar-refractivity contribution is 5.95. The van der Waals surface area contributed by atoms with Gasteiger partial charge in [-0.25, -0.2) is 0 Å². The summed E-state index contributed by atoms with van der Waals surface area (Å²) in [4.78, 5) is 11.1. The third-order valence-corrected chi connectivity index (χ3v) is 1.45. The Morgan fingerprint density at radius 3 is 2.64 bits per heavy atom. The minimum atomic E-state index is -0.697. The highest BCUT2D eigenvalue weighted by atomic mass is 16.5. The lowest BCUT2D eigenvalue weighted by atomic mass is 10.0. The van der Waals surface area contributed by atoms with Crippen LogP contribution in [0.1, 0.15) is 28.6 Å². The lowest BCUT2D eigenvalue weighted by Crippen LogP contribution is -2.33. The minimum absolute atomic E-state index is 0. The van der Waals surface area contributed by atoms with Crippen LogP contribution in [-0.2, 0) is 9.53 Å². The number of hydrogen-bond donors (Lipinski definition) is 0. The molecule has 11 heavy (non-hydrogen) atoms. The summed E-state index contributed by atoms with van der Waals surface area (Å²) in [6.07, 6.45) is 2.23. The van der Waals surface area contributed by atoms with Crippen molar-refractivity contribution in [1.29, 1.82) is 0 Å². The maximum Gasteiger partial charge on any atom is 0.186 e. The zero-order valence-corrected chi connectivity index (χ0v) is 7.52. The van der Waals surface area contributed by atoms with Gasteiger partial charge < -0.3 is 4.74 Å². The van der Waals surface area contributed by atoms with Crippen molar-refractivity contribution in [2.24, 2.45) is 0 Å². The molecule has 0 saturated carbocycles. The van der Waals surface area contributed by atoms with Crippen molar-refractivity contribution in [3.8, 4) is 0 Å². The predicted octanol–water partition coefficient (Wildman–Crippen LogP) is 2.19. The Kier molecular flexibility index (Phi) is 4.04. The van der Waals surface area contributed by atoms with E-state index in [0.717, 1.165) is 6.42 Å². The molecule has 0 aliphatic rings. The number of ether oxygens (including phenoxy) is 1. The molecule has 0 radical (unpaired) electrons. The van der Waals surface area contributed by atoms with Crippen molar-refractivity contribution in [2.45, 2.75) is 32.8 Å². The highest BCUT2D eigenvalue weighted by Gasteiger charge is 2.24. The second-order valence-corrected chi connectivity index (χ2v) is 2.93. The molecule has 0 bridgehead atoms. The summed E-state index contributed by atoms with van der Waals surface area (Å²) in [5.74, 6) is -0.0639. The van der Waals surface area contributed by atoms with Gasteiger partial charge in [-0.2, -0.15) is 0 Å². The molecule has 0 aliphatic carbocycles. The van der Waals surface area contributed by atoms with Gasteiger partial charge >= 0.3 is 0 Å². The fraction of sp³-hybridized carbons (Fsp3) is 0.667. The van der Waals surface area contributed by atoms with Gasteiger partial charge in [0.1, 0.15) is 5.60 Å². The Balaban J connectivity index is 0. The fourth-order valence-electron chi connectivity index (χ4n) is 0.674. The van der Waals surface area contributed by atoms with Crippen molar-refractivity contribution in [3.63, 3.8) is 0 Å². The van der Waals surface area contributed by atoms with Crippen LogP contribution in [0.5, 0.6) is 0 Å². The highest BCUT2D eigenvalue weighted by Crippen LogP contribution is 2.11. The Morgan fingerprint density at radius 1 is 1.73 bits per heavy atom. The molecule has 66 valence electrons. The monoisotopic (exact) mass is 158 g/mol. The second-order valence-electron chi connectivity index (χ2n) is 2.93. The molecule has 2 nitrogen and oxygen atoms in total. The topological polar surface area (TPSA) is 26.3 Å². The molecule has 0 amide bonds. The van der Waals surface area contributed by atoms with Gasteiger partial charge in [0, 0.05) is 8.03 Å². The third-order valence-electron chi connectivity index (χ3n) is 1.45. The molecule has 0 unspecified atom stereocenters. The Hall–Kier alpha value is -0.630. The van der Waals surface area contributed by atoms with E-state index in [4.69, 9.17) is 4.74 Å². The van der Waals surface area contributed by atoms with E-state index in [1.54, 1.807) is 13.8 Å². The van der Waals surface area contributed by atoms with Gasteiger partial charge in [-0.3, -0.25) is 4.79 Å². The molecule has 0 spiro atoms. The van der Waals surface area contributed by atoms with Crippen molar-refractivity contribution in [3.05, 3.63) is 12.7 Å². The van der Waals surface area contributed by atoms with Gasteiger partial charge in [0.05, 0.1) is 0 Å². The van der Waals surface area contributed by atoms with Gasteiger partial charge in [0.15, 0.2) is 5.78 Å². The van der Waals surface area contributed by atoms with Gasteiger partial charge in [0.25, 0.3) is 0 Å². The van der Waals surface area contributed by atoms with Crippen LogP contribution in [0.4, 0.5) is 0 Å². The summed E-state index contributed by atoms with van der Waals surface area (Å²) >= 11 is 0. The van der Waals surface area contributed by atoms with Gasteiger partial charge in [-0.1, -0.05) is 13.5 Å². The molecule has 0 aromatic heterocycles. The van der Waals surface area contributed by atoms with Crippen LogP contribution in [0.2, 0.25) is 0 Å². The zero-order valence-electron chi connectivity index (χ0n) is 7.52. The Morgan fingerprint density at radius 2 is 2.27 bits per heavy atom. The normalized spacial score (nSPS) is 11.2. The lowest BCUT2D eigenvalue weighted by molar-refractivity contribution is -0.135. The summed E-state index contributed by atoms with van der Waals surface area (Å²) < 4.78 is 5.31. The maximum atomic E-state index is 11.1. The van der Waals surface area contributed by atoms with Crippen molar-refractivity contribution >= 4 is 5.78 Å². The van der Waals surface area contributed by atoms with E-state index in [9.17, 15) is 4.79 Å². The maximum absolute atomic E-state index is 11.1. The Labute approximate surface area is 69.7 Å². The average molecular weight is 158 g/mol. The molecule has 0 N–H and O–H groups in total.